The largest absolute Gasteiger partial charge is 0.455 e. The van der Waals surface area contributed by atoms with Crippen LogP contribution in [0.25, 0.3) is 82.5 Å². The van der Waals surface area contributed by atoms with E-state index in [0.717, 1.165) is 56.0 Å². The van der Waals surface area contributed by atoms with E-state index in [-0.39, 0.29) is 0 Å². The van der Waals surface area contributed by atoms with Crippen molar-refractivity contribution in [1.29, 1.82) is 0 Å². The number of hydrogen-bond donors (Lipinski definition) is 0. The Morgan fingerprint density at radius 1 is 0.508 bits per heavy atom. The molecule has 4 atom stereocenters. The number of hydrogen-bond acceptors (Lipinski definition) is 2. The van der Waals surface area contributed by atoms with Crippen molar-refractivity contribution in [3.05, 3.63) is 206 Å². The first-order valence-electron chi connectivity index (χ1n) is 23.6. The Balaban J connectivity index is 0.831. The average Bonchev–Trinajstić information content (AvgIpc) is 3.75. The molecule has 2 bridgehead atoms. The molecular formula is C62H46N2O. The summed E-state index contributed by atoms with van der Waals surface area (Å²) in [5, 5.41) is 7.38. The van der Waals surface area contributed by atoms with Gasteiger partial charge in [0.2, 0.25) is 0 Å². The van der Waals surface area contributed by atoms with E-state index < -0.39 is 0 Å². The van der Waals surface area contributed by atoms with Crippen LogP contribution >= 0.6 is 0 Å². The van der Waals surface area contributed by atoms with Crippen molar-refractivity contribution in [1.82, 2.24) is 4.57 Å². The molecule has 0 amide bonds. The van der Waals surface area contributed by atoms with E-state index in [4.69, 9.17) is 4.42 Å². The molecule has 9 aromatic carbocycles. The maximum Gasteiger partial charge on any atom is 0.143 e. The van der Waals surface area contributed by atoms with Gasteiger partial charge in [0.1, 0.15) is 11.2 Å². The van der Waals surface area contributed by atoms with Crippen LogP contribution < -0.4 is 4.90 Å². The minimum Gasteiger partial charge on any atom is -0.455 e. The van der Waals surface area contributed by atoms with Crippen molar-refractivity contribution < 1.29 is 4.42 Å². The normalized spacial score (nSPS) is 22.7. The highest BCUT2D eigenvalue weighted by Gasteiger charge is 2.84. The Morgan fingerprint density at radius 3 is 2.09 bits per heavy atom. The van der Waals surface area contributed by atoms with Crippen molar-refractivity contribution in [2.24, 2.45) is 16.7 Å². The number of aromatic nitrogens is 1. The molecule has 4 aliphatic rings. The van der Waals surface area contributed by atoms with Crippen LogP contribution in [0, 0.1) is 16.7 Å². The highest BCUT2D eigenvalue weighted by molar-refractivity contribution is 6.18. The molecule has 3 heteroatoms. The van der Waals surface area contributed by atoms with E-state index in [1.54, 1.807) is 5.56 Å². The summed E-state index contributed by atoms with van der Waals surface area (Å²) in [6.07, 6.45) is 8.57. The Hall–Kier alpha value is -7.36. The molecular weight excluding hydrogens is 789 g/mol. The van der Waals surface area contributed by atoms with Gasteiger partial charge in [0, 0.05) is 55.2 Å². The summed E-state index contributed by atoms with van der Waals surface area (Å²) < 4.78 is 8.95. The zero-order chi connectivity index (χ0) is 42.5. The van der Waals surface area contributed by atoms with E-state index in [9.17, 15) is 0 Å². The van der Waals surface area contributed by atoms with Crippen LogP contribution in [0.3, 0.4) is 0 Å². The van der Waals surface area contributed by atoms with Gasteiger partial charge < -0.3 is 13.9 Å². The second-order valence-corrected chi connectivity index (χ2v) is 20.0. The second-order valence-electron chi connectivity index (χ2n) is 20.0. The van der Waals surface area contributed by atoms with Gasteiger partial charge in [-0.2, -0.15) is 0 Å². The molecule has 4 aliphatic carbocycles. The SMILES string of the molecule is c1cc(-c2ccc(N(c3ccc(-c4cccc5c4oc4ccccc45)cc3)c3cccc(C45C[C@@H]6CCC7(C4)CC67C5)c3)cc2)cc(-n2c3ccccc3c3ccc4ccccc4c32)c1. The molecule has 3 unspecified atom stereocenters. The number of para-hydroxylation sites is 3. The van der Waals surface area contributed by atoms with Crippen LogP contribution in [0.1, 0.15) is 44.1 Å². The monoisotopic (exact) mass is 834 g/mol. The fraction of sp³-hybridized carbons (Fsp3) is 0.161. The highest BCUT2D eigenvalue weighted by atomic mass is 16.3. The van der Waals surface area contributed by atoms with Crippen LogP contribution in [0.5, 0.6) is 0 Å². The Morgan fingerprint density at radius 2 is 1.25 bits per heavy atom. The minimum atomic E-state index is 0.327. The van der Waals surface area contributed by atoms with Crippen LogP contribution in [-0.4, -0.2) is 4.57 Å². The standard InChI is InChI=1S/C62H46N2O/c1-2-15-50-41(10-1)26-31-54-52-16-3-5-20-56(52)64(58(50)54)48-13-7-11-43(34-48)40-22-27-46(28-23-40)63(49-14-8-12-44(35-49)60-36-45-32-33-61(37-60)39-62(45,61)38-60)47-29-24-42(25-30-47)51-18-9-19-55-53-17-4-6-21-57(53)65-59(51)55/h1-31,34-35,45H,32-33,36-39H2/t45-,60?,61?,62?/m0/s1. The van der Waals surface area contributed by atoms with Crippen molar-refractivity contribution in [2.75, 3.05) is 4.90 Å². The maximum absolute atomic E-state index is 6.49. The molecule has 0 N–H and O–H groups in total. The molecule has 15 rings (SSSR count). The number of rotatable bonds is 7. The third-order valence-corrected chi connectivity index (χ3v) is 17.0. The van der Waals surface area contributed by atoms with E-state index in [1.165, 1.54) is 87.9 Å². The summed E-state index contributed by atoms with van der Waals surface area (Å²) in [4.78, 5) is 2.47. The molecule has 4 saturated carbocycles. The molecule has 0 aliphatic heterocycles. The third kappa shape index (κ3) is 4.96. The topological polar surface area (TPSA) is 21.3 Å². The zero-order valence-electron chi connectivity index (χ0n) is 36.2. The first kappa shape index (κ1) is 36.0. The van der Waals surface area contributed by atoms with Gasteiger partial charge in [-0.25, -0.2) is 0 Å². The molecule has 310 valence electrons. The van der Waals surface area contributed by atoms with E-state index in [1.807, 2.05) is 6.07 Å². The summed E-state index contributed by atoms with van der Waals surface area (Å²) in [6, 6.07) is 74.1. The van der Waals surface area contributed by atoms with E-state index >= 15 is 0 Å². The maximum atomic E-state index is 6.49. The molecule has 0 saturated heterocycles. The Bertz CT molecular complexity index is 3750. The third-order valence-electron chi connectivity index (χ3n) is 17.0. The summed E-state index contributed by atoms with van der Waals surface area (Å²) in [6.45, 7) is 0. The molecule has 65 heavy (non-hydrogen) atoms. The quantitative estimate of drug-likeness (QED) is 0.159. The van der Waals surface area contributed by atoms with Gasteiger partial charge in [0.05, 0.1) is 11.0 Å². The molecule has 1 spiro atoms. The Kier molecular flexibility index (Phi) is 7.14. The number of nitrogens with zero attached hydrogens (tertiary/aromatic N) is 2. The summed E-state index contributed by atoms with van der Waals surface area (Å²) in [5.74, 6) is 0.931. The molecule has 2 heterocycles. The van der Waals surface area contributed by atoms with Crippen molar-refractivity contribution in [3.8, 4) is 27.9 Å². The van der Waals surface area contributed by atoms with Gasteiger partial charge >= 0.3 is 0 Å². The Labute approximate surface area is 378 Å². The predicted octanol–water partition coefficient (Wildman–Crippen LogP) is 16.9. The fourth-order valence-electron chi connectivity index (χ4n) is 14.3. The van der Waals surface area contributed by atoms with Crippen molar-refractivity contribution in [3.63, 3.8) is 0 Å². The number of fused-ring (bicyclic) bond motifs is 9. The lowest BCUT2D eigenvalue weighted by Crippen LogP contribution is -2.24. The van der Waals surface area contributed by atoms with Gasteiger partial charge in [0.15, 0.2) is 0 Å². The van der Waals surface area contributed by atoms with Crippen molar-refractivity contribution >= 4 is 71.6 Å². The highest BCUT2D eigenvalue weighted by Crippen LogP contribution is 2.92. The van der Waals surface area contributed by atoms with E-state index in [0.29, 0.717) is 16.2 Å². The molecule has 2 aromatic heterocycles. The average molecular weight is 835 g/mol. The number of benzene rings is 9. The predicted molar refractivity (Wildman–Crippen MR) is 269 cm³/mol. The summed E-state index contributed by atoms with van der Waals surface area (Å²) in [5.41, 5.74) is 16.8. The van der Waals surface area contributed by atoms with Crippen LogP contribution in [0.15, 0.2) is 205 Å². The lowest BCUT2D eigenvalue weighted by molar-refractivity contribution is 0.307. The second kappa shape index (κ2) is 12.9. The van der Waals surface area contributed by atoms with Gasteiger partial charge in [-0.15, -0.1) is 0 Å². The lowest BCUT2D eigenvalue weighted by atomic mass is 9.73. The molecule has 11 aromatic rings. The smallest absolute Gasteiger partial charge is 0.143 e. The fourth-order valence-corrected chi connectivity index (χ4v) is 14.3. The molecule has 3 nitrogen and oxygen atoms in total. The van der Waals surface area contributed by atoms with Crippen LogP contribution in [-0.2, 0) is 5.41 Å². The zero-order valence-corrected chi connectivity index (χ0v) is 36.2. The number of furan rings is 1. The molecule has 0 radical (unpaired) electrons. The van der Waals surface area contributed by atoms with Gasteiger partial charge in [-0.1, -0.05) is 140 Å². The van der Waals surface area contributed by atoms with Gasteiger partial charge in [-0.3, -0.25) is 0 Å². The summed E-state index contributed by atoms with van der Waals surface area (Å²) >= 11 is 0. The van der Waals surface area contributed by atoms with Gasteiger partial charge in [0.25, 0.3) is 0 Å². The van der Waals surface area contributed by atoms with E-state index in [2.05, 4.69) is 204 Å². The minimum absolute atomic E-state index is 0.327. The first-order valence-corrected chi connectivity index (χ1v) is 23.6. The van der Waals surface area contributed by atoms with Crippen molar-refractivity contribution in [2.45, 2.75) is 43.9 Å². The lowest BCUT2D eigenvalue weighted by Gasteiger charge is -2.32. The van der Waals surface area contributed by atoms with Crippen LogP contribution in [0.2, 0.25) is 0 Å². The molecule has 4 fully saturated rings. The summed E-state index contributed by atoms with van der Waals surface area (Å²) in [7, 11) is 0. The van der Waals surface area contributed by atoms with Crippen LogP contribution in [0.4, 0.5) is 17.1 Å². The first-order chi connectivity index (χ1) is 32.1. The number of anilines is 3. The van der Waals surface area contributed by atoms with Gasteiger partial charge in [-0.05, 0) is 149 Å².